The average molecular weight is 318 g/mol. The first-order chi connectivity index (χ1) is 11.1. The van der Waals surface area contributed by atoms with Crippen LogP contribution in [0.2, 0.25) is 0 Å². The third-order valence-electron chi connectivity index (χ3n) is 4.19. The van der Waals surface area contributed by atoms with Gasteiger partial charge in [0.2, 0.25) is 11.8 Å². The van der Waals surface area contributed by atoms with Gasteiger partial charge in [-0.05, 0) is 18.9 Å². The summed E-state index contributed by atoms with van der Waals surface area (Å²) in [5.41, 5.74) is 1.72. The van der Waals surface area contributed by atoms with E-state index >= 15 is 0 Å². The van der Waals surface area contributed by atoms with E-state index in [0.717, 1.165) is 5.56 Å². The average Bonchev–Trinajstić information content (AvgIpc) is 2.85. The minimum absolute atomic E-state index is 0.219. The van der Waals surface area contributed by atoms with Gasteiger partial charge < -0.3 is 14.7 Å². The number of aliphatic hydroxyl groups excluding tert-OH is 1. The van der Waals surface area contributed by atoms with E-state index in [0.29, 0.717) is 36.4 Å². The number of imide groups is 1. The molecule has 3 rings (SSSR count). The third-order valence-corrected chi connectivity index (χ3v) is 4.19. The molecule has 2 aliphatic rings. The highest BCUT2D eigenvalue weighted by molar-refractivity contribution is 6.06. The SMILES string of the molecule is CCOc1c(CO)ccc2c1C(=O)N(C1CCC(=O)NC1=O)C2. The van der Waals surface area contributed by atoms with Gasteiger partial charge in [0.15, 0.2) is 0 Å². The molecule has 1 atom stereocenters. The van der Waals surface area contributed by atoms with Crippen LogP contribution in [0.5, 0.6) is 5.75 Å². The Morgan fingerprint density at radius 1 is 1.35 bits per heavy atom. The molecule has 1 aromatic carbocycles. The van der Waals surface area contributed by atoms with Crippen molar-refractivity contribution in [3.05, 3.63) is 28.8 Å². The van der Waals surface area contributed by atoms with Crippen LogP contribution in [-0.4, -0.2) is 40.4 Å². The summed E-state index contributed by atoms with van der Waals surface area (Å²) in [4.78, 5) is 37.6. The fourth-order valence-electron chi connectivity index (χ4n) is 3.10. The normalized spacial score (nSPS) is 20.5. The number of piperidine rings is 1. The summed E-state index contributed by atoms with van der Waals surface area (Å²) in [6, 6.07) is 2.85. The third kappa shape index (κ3) is 2.57. The van der Waals surface area contributed by atoms with Crippen LogP contribution in [0.25, 0.3) is 0 Å². The summed E-state index contributed by atoms with van der Waals surface area (Å²) in [6.45, 7) is 2.24. The van der Waals surface area contributed by atoms with Gasteiger partial charge in [-0.2, -0.15) is 0 Å². The molecule has 122 valence electrons. The molecule has 1 saturated heterocycles. The highest BCUT2D eigenvalue weighted by Crippen LogP contribution is 2.36. The molecule has 0 radical (unpaired) electrons. The lowest BCUT2D eigenvalue weighted by atomic mass is 10.0. The number of aliphatic hydroxyl groups is 1. The van der Waals surface area contributed by atoms with E-state index in [9.17, 15) is 19.5 Å². The molecule has 0 bridgehead atoms. The van der Waals surface area contributed by atoms with E-state index in [1.807, 2.05) is 0 Å². The molecule has 2 aliphatic heterocycles. The molecular formula is C16H18N2O5. The van der Waals surface area contributed by atoms with Gasteiger partial charge in [-0.15, -0.1) is 0 Å². The van der Waals surface area contributed by atoms with Gasteiger partial charge >= 0.3 is 0 Å². The number of rotatable bonds is 4. The van der Waals surface area contributed by atoms with Crippen LogP contribution in [0.3, 0.4) is 0 Å². The van der Waals surface area contributed by atoms with Gasteiger partial charge in [-0.25, -0.2) is 0 Å². The Bertz CT molecular complexity index is 685. The zero-order chi connectivity index (χ0) is 16.6. The first-order valence-electron chi connectivity index (χ1n) is 7.59. The van der Waals surface area contributed by atoms with Crippen LogP contribution >= 0.6 is 0 Å². The standard InChI is InChI=1S/C16H18N2O5/c1-2-23-14-10(8-19)4-3-9-7-18(16(22)13(9)14)11-5-6-12(20)17-15(11)21/h3-4,11,19H,2,5-8H2,1H3,(H,17,20,21). The number of nitrogens with zero attached hydrogens (tertiary/aromatic N) is 1. The van der Waals surface area contributed by atoms with Crippen molar-refractivity contribution in [1.82, 2.24) is 10.2 Å². The van der Waals surface area contributed by atoms with Crippen molar-refractivity contribution in [2.75, 3.05) is 6.61 Å². The largest absolute Gasteiger partial charge is 0.493 e. The summed E-state index contributed by atoms with van der Waals surface area (Å²) in [7, 11) is 0. The van der Waals surface area contributed by atoms with Gasteiger partial charge in [0.1, 0.15) is 11.8 Å². The minimum atomic E-state index is -0.653. The van der Waals surface area contributed by atoms with Gasteiger partial charge in [-0.3, -0.25) is 19.7 Å². The van der Waals surface area contributed by atoms with Crippen molar-refractivity contribution in [1.29, 1.82) is 0 Å². The first kappa shape index (κ1) is 15.5. The Morgan fingerprint density at radius 3 is 2.78 bits per heavy atom. The van der Waals surface area contributed by atoms with Crippen LogP contribution in [0.1, 0.15) is 41.3 Å². The predicted octanol–water partition coefficient (Wildman–Crippen LogP) is 0.339. The fraction of sp³-hybridized carbons (Fsp3) is 0.438. The van der Waals surface area contributed by atoms with Crippen molar-refractivity contribution in [3.63, 3.8) is 0 Å². The highest BCUT2D eigenvalue weighted by Gasteiger charge is 2.40. The number of hydrogen-bond acceptors (Lipinski definition) is 5. The molecule has 23 heavy (non-hydrogen) atoms. The molecule has 0 aliphatic carbocycles. The second-order valence-corrected chi connectivity index (χ2v) is 5.58. The van der Waals surface area contributed by atoms with Gasteiger partial charge in [0, 0.05) is 18.5 Å². The van der Waals surface area contributed by atoms with E-state index in [4.69, 9.17) is 4.74 Å². The van der Waals surface area contributed by atoms with E-state index in [1.54, 1.807) is 19.1 Å². The van der Waals surface area contributed by atoms with Gasteiger partial charge in [0.25, 0.3) is 5.91 Å². The summed E-state index contributed by atoms with van der Waals surface area (Å²) in [5.74, 6) is -0.670. The highest BCUT2D eigenvalue weighted by atomic mass is 16.5. The van der Waals surface area contributed by atoms with E-state index in [-0.39, 0.29) is 24.8 Å². The van der Waals surface area contributed by atoms with Crippen LogP contribution in [0.15, 0.2) is 12.1 Å². The minimum Gasteiger partial charge on any atom is -0.493 e. The Morgan fingerprint density at radius 2 is 2.13 bits per heavy atom. The summed E-state index contributed by atoms with van der Waals surface area (Å²) in [6.07, 6.45) is 0.540. The zero-order valence-corrected chi connectivity index (χ0v) is 12.8. The maximum Gasteiger partial charge on any atom is 0.258 e. The van der Waals surface area contributed by atoms with E-state index < -0.39 is 11.9 Å². The van der Waals surface area contributed by atoms with E-state index in [2.05, 4.69) is 5.32 Å². The van der Waals surface area contributed by atoms with Crippen molar-refractivity contribution < 1.29 is 24.2 Å². The lowest BCUT2D eigenvalue weighted by Gasteiger charge is -2.29. The first-order valence-corrected chi connectivity index (χ1v) is 7.59. The van der Waals surface area contributed by atoms with Gasteiger partial charge in [-0.1, -0.05) is 12.1 Å². The Kier molecular flexibility index (Phi) is 4.04. The smallest absolute Gasteiger partial charge is 0.258 e. The Labute approximate surface area is 133 Å². The zero-order valence-electron chi connectivity index (χ0n) is 12.8. The number of nitrogens with one attached hydrogen (secondary N) is 1. The number of ether oxygens (including phenoxy) is 1. The summed E-state index contributed by atoms with van der Waals surface area (Å²) in [5, 5.41) is 11.7. The summed E-state index contributed by atoms with van der Waals surface area (Å²) >= 11 is 0. The summed E-state index contributed by atoms with van der Waals surface area (Å²) < 4.78 is 5.56. The molecule has 0 saturated carbocycles. The molecule has 7 nitrogen and oxygen atoms in total. The predicted molar refractivity (Wildman–Crippen MR) is 79.6 cm³/mol. The maximum atomic E-state index is 12.8. The van der Waals surface area contributed by atoms with Crippen molar-refractivity contribution >= 4 is 17.7 Å². The van der Waals surface area contributed by atoms with Crippen molar-refractivity contribution in [2.45, 2.75) is 39.0 Å². The number of carbonyl (C=O) groups excluding carboxylic acids is 3. The molecule has 1 fully saturated rings. The number of carbonyl (C=O) groups is 3. The van der Waals surface area contributed by atoms with Gasteiger partial charge in [0.05, 0.1) is 18.8 Å². The number of fused-ring (bicyclic) bond motifs is 1. The van der Waals surface area contributed by atoms with Crippen molar-refractivity contribution in [2.24, 2.45) is 0 Å². The maximum absolute atomic E-state index is 12.8. The van der Waals surface area contributed by atoms with Crippen LogP contribution in [0.4, 0.5) is 0 Å². The Balaban J connectivity index is 1.94. The van der Waals surface area contributed by atoms with Crippen LogP contribution < -0.4 is 10.1 Å². The van der Waals surface area contributed by atoms with Crippen LogP contribution in [0, 0.1) is 0 Å². The molecule has 2 heterocycles. The van der Waals surface area contributed by atoms with Crippen molar-refractivity contribution in [3.8, 4) is 5.75 Å². The number of benzene rings is 1. The topological polar surface area (TPSA) is 95.9 Å². The lowest BCUT2D eigenvalue weighted by Crippen LogP contribution is -2.52. The molecular weight excluding hydrogens is 300 g/mol. The monoisotopic (exact) mass is 318 g/mol. The molecule has 0 spiro atoms. The number of hydrogen-bond donors (Lipinski definition) is 2. The quantitative estimate of drug-likeness (QED) is 0.781. The molecule has 1 aromatic rings. The Hall–Kier alpha value is -2.41. The molecule has 0 aromatic heterocycles. The number of amides is 3. The second kappa shape index (κ2) is 6.00. The molecule has 1 unspecified atom stereocenters. The molecule has 2 N–H and O–H groups in total. The lowest BCUT2D eigenvalue weighted by molar-refractivity contribution is -0.136. The van der Waals surface area contributed by atoms with Crippen LogP contribution in [-0.2, 0) is 22.7 Å². The second-order valence-electron chi connectivity index (χ2n) is 5.58. The fourth-order valence-corrected chi connectivity index (χ4v) is 3.10. The molecule has 7 heteroatoms. The van der Waals surface area contributed by atoms with E-state index in [1.165, 1.54) is 4.90 Å². The molecule has 3 amide bonds.